The third kappa shape index (κ3) is 2.02. The first-order valence-corrected chi connectivity index (χ1v) is 5.55. The quantitative estimate of drug-likeness (QED) is 0.786. The molecule has 0 amide bonds. The van der Waals surface area contributed by atoms with Gasteiger partial charge < -0.3 is 5.11 Å². The highest BCUT2D eigenvalue weighted by atomic mass is 32.1. The third-order valence-corrected chi connectivity index (χ3v) is 3.46. The number of hydrogen-bond donors (Lipinski definition) is 1. The first kappa shape index (κ1) is 10.2. The summed E-state index contributed by atoms with van der Waals surface area (Å²) in [7, 11) is 0. The summed E-state index contributed by atoms with van der Waals surface area (Å²) in [6, 6.07) is 1.73. The molecule has 15 heavy (non-hydrogen) atoms. The van der Waals surface area contributed by atoms with Gasteiger partial charge in [-0.2, -0.15) is 0 Å². The van der Waals surface area contributed by atoms with Gasteiger partial charge in [0.15, 0.2) is 0 Å². The SMILES string of the molecule is CC1(C)C=Cc2cc(C(=O)O)sc2C=C1. The Kier molecular flexibility index (Phi) is 2.27. The third-order valence-electron chi connectivity index (χ3n) is 2.36. The summed E-state index contributed by atoms with van der Waals surface area (Å²) in [6.07, 6.45) is 8.19. The van der Waals surface area contributed by atoms with Crippen LogP contribution in [0, 0.1) is 5.41 Å². The fraction of sp³-hybridized carbons (Fsp3) is 0.250. The molecular weight excluding hydrogens is 208 g/mol. The van der Waals surface area contributed by atoms with E-state index in [9.17, 15) is 4.79 Å². The lowest BCUT2D eigenvalue weighted by Crippen LogP contribution is -2.00. The maximum absolute atomic E-state index is 10.8. The minimum atomic E-state index is -0.853. The minimum Gasteiger partial charge on any atom is -0.477 e. The maximum atomic E-state index is 10.8. The summed E-state index contributed by atoms with van der Waals surface area (Å²) in [5.41, 5.74) is 1.04. The van der Waals surface area contributed by atoms with E-state index in [1.54, 1.807) is 6.07 Å². The molecule has 1 heterocycles. The number of carbonyl (C=O) groups is 1. The number of fused-ring (bicyclic) bond motifs is 1. The molecule has 0 atom stereocenters. The Morgan fingerprint density at radius 3 is 2.67 bits per heavy atom. The van der Waals surface area contributed by atoms with E-state index in [2.05, 4.69) is 26.0 Å². The van der Waals surface area contributed by atoms with Crippen molar-refractivity contribution in [1.29, 1.82) is 0 Å². The molecule has 1 N–H and O–H groups in total. The van der Waals surface area contributed by atoms with Crippen molar-refractivity contribution in [3.8, 4) is 0 Å². The van der Waals surface area contributed by atoms with E-state index in [0.29, 0.717) is 4.88 Å². The largest absolute Gasteiger partial charge is 0.477 e. The lowest BCUT2D eigenvalue weighted by molar-refractivity contribution is 0.0702. The molecule has 0 saturated carbocycles. The van der Waals surface area contributed by atoms with E-state index < -0.39 is 5.97 Å². The van der Waals surface area contributed by atoms with Gasteiger partial charge in [0.1, 0.15) is 4.88 Å². The van der Waals surface area contributed by atoms with Gasteiger partial charge in [0.05, 0.1) is 0 Å². The zero-order valence-electron chi connectivity index (χ0n) is 8.65. The molecule has 1 aromatic heterocycles. The first-order valence-electron chi connectivity index (χ1n) is 4.73. The van der Waals surface area contributed by atoms with Crippen LogP contribution in [0.25, 0.3) is 12.2 Å². The smallest absolute Gasteiger partial charge is 0.345 e. The Hall–Kier alpha value is -1.35. The standard InChI is InChI=1S/C12H12O2S/c1-12(2)5-3-8-7-10(11(13)14)15-9(8)4-6-12/h3-7H,1-2H3,(H,13,14). The van der Waals surface area contributed by atoms with Crippen LogP contribution in [-0.4, -0.2) is 11.1 Å². The van der Waals surface area contributed by atoms with Gasteiger partial charge in [0.25, 0.3) is 0 Å². The highest BCUT2D eigenvalue weighted by Gasteiger charge is 2.16. The van der Waals surface area contributed by atoms with Gasteiger partial charge in [0.2, 0.25) is 0 Å². The van der Waals surface area contributed by atoms with Gasteiger partial charge in [-0.1, -0.05) is 32.1 Å². The van der Waals surface area contributed by atoms with Gasteiger partial charge in [-0.3, -0.25) is 0 Å². The molecule has 1 aromatic rings. The van der Waals surface area contributed by atoms with Crippen LogP contribution in [-0.2, 0) is 0 Å². The van der Waals surface area contributed by atoms with Crippen molar-refractivity contribution in [2.45, 2.75) is 13.8 Å². The average molecular weight is 220 g/mol. The molecule has 3 heteroatoms. The molecule has 1 aliphatic carbocycles. The summed E-state index contributed by atoms with van der Waals surface area (Å²) < 4.78 is 0. The summed E-state index contributed by atoms with van der Waals surface area (Å²) in [4.78, 5) is 12.2. The van der Waals surface area contributed by atoms with Crippen LogP contribution < -0.4 is 0 Å². The lowest BCUT2D eigenvalue weighted by Gasteiger charge is -2.12. The normalized spacial score (nSPS) is 17.2. The topological polar surface area (TPSA) is 37.3 Å². The predicted octanol–water partition coefficient (Wildman–Crippen LogP) is 3.51. The summed E-state index contributed by atoms with van der Waals surface area (Å²) in [5, 5.41) is 8.87. The van der Waals surface area contributed by atoms with Gasteiger partial charge in [-0.05, 0) is 17.7 Å². The second-order valence-electron chi connectivity index (χ2n) is 4.22. The van der Waals surface area contributed by atoms with E-state index in [-0.39, 0.29) is 5.41 Å². The van der Waals surface area contributed by atoms with Crippen molar-refractivity contribution in [3.63, 3.8) is 0 Å². The van der Waals surface area contributed by atoms with Crippen LogP contribution in [0.3, 0.4) is 0 Å². The monoisotopic (exact) mass is 220 g/mol. The Labute approximate surface area is 92.6 Å². The highest BCUT2D eigenvalue weighted by Crippen LogP contribution is 2.32. The average Bonchev–Trinajstić information content (AvgIpc) is 2.50. The Morgan fingerprint density at radius 1 is 1.33 bits per heavy atom. The molecule has 2 nitrogen and oxygen atoms in total. The zero-order valence-corrected chi connectivity index (χ0v) is 9.47. The number of aromatic carboxylic acids is 1. The van der Waals surface area contributed by atoms with E-state index in [4.69, 9.17) is 5.11 Å². The van der Waals surface area contributed by atoms with Crippen LogP contribution in [0.2, 0.25) is 0 Å². The molecule has 0 fully saturated rings. The van der Waals surface area contributed by atoms with Crippen LogP contribution in [0.5, 0.6) is 0 Å². The number of thiophene rings is 1. The molecule has 0 aliphatic heterocycles. The van der Waals surface area contributed by atoms with Crippen molar-refractivity contribution in [3.05, 3.63) is 33.5 Å². The number of hydrogen-bond acceptors (Lipinski definition) is 2. The first-order chi connectivity index (χ1) is 6.98. The molecule has 0 spiro atoms. The molecule has 0 bridgehead atoms. The van der Waals surface area contributed by atoms with E-state index in [1.165, 1.54) is 11.3 Å². The number of carboxylic acids is 1. The van der Waals surface area contributed by atoms with Gasteiger partial charge in [-0.15, -0.1) is 11.3 Å². The molecule has 0 unspecified atom stereocenters. The van der Waals surface area contributed by atoms with Crippen molar-refractivity contribution in [2.75, 3.05) is 0 Å². The van der Waals surface area contributed by atoms with Crippen molar-refractivity contribution < 1.29 is 9.90 Å². The van der Waals surface area contributed by atoms with Gasteiger partial charge in [-0.25, -0.2) is 4.79 Å². The fourth-order valence-corrected chi connectivity index (χ4v) is 2.33. The highest BCUT2D eigenvalue weighted by molar-refractivity contribution is 7.15. The Bertz CT molecular complexity index is 430. The van der Waals surface area contributed by atoms with Crippen LogP contribution in [0.15, 0.2) is 18.2 Å². The van der Waals surface area contributed by atoms with Crippen LogP contribution in [0.4, 0.5) is 0 Å². The minimum absolute atomic E-state index is 0.0438. The maximum Gasteiger partial charge on any atom is 0.345 e. The van der Waals surface area contributed by atoms with E-state index in [0.717, 1.165) is 10.4 Å². The predicted molar refractivity (Wildman–Crippen MR) is 63.1 cm³/mol. The van der Waals surface area contributed by atoms with Gasteiger partial charge >= 0.3 is 5.97 Å². The molecular formula is C12H12O2S. The summed E-state index contributed by atoms with van der Waals surface area (Å²) >= 11 is 1.32. The lowest BCUT2D eigenvalue weighted by atomic mass is 9.93. The Balaban J connectivity index is 2.47. The molecule has 0 saturated heterocycles. The van der Waals surface area contributed by atoms with Crippen LogP contribution >= 0.6 is 11.3 Å². The molecule has 1 aliphatic rings. The second kappa shape index (κ2) is 3.35. The number of carboxylic acid groups (broad SMARTS) is 1. The molecule has 0 radical (unpaired) electrons. The van der Waals surface area contributed by atoms with Crippen molar-refractivity contribution in [1.82, 2.24) is 0 Å². The second-order valence-corrected chi connectivity index (χ2v) is 5.31. The van der Waals surface area contributed by atoms with E-state index >= 15 is 0 Å². The Morgan fingerprint density at radius 2 is 2.00 bits per heavy atom. The van der Waals surface area contributed by atoms with Crippen LogP contribution in [0.1, 0.15) is 34.0 Å². The fourth-order valence-electron chi connectivity index (χ4n) is 1.44. The van der Waals surface area contributed by atoms with Crippen molar-refractivity contribution in [2.24, 2.45) is 5.41 Å². The van der Waals surface area contributed by atoms with E-state index in [1.807, 2.05) is 12.2 Å². The van der Waals surface area contributed by atoms with Crippen molar-refractivity contribution >= 4 is 29.5 Å². The molecule has 78 valence electrons. The number of allylic oxidation sites excluding steroid dienone is 2. The zero-order chi connectivity index (χ0) is 11.1. The summed E-state index contributed by atoms with van der Waals surface area (Å²) in [6.45, 7) is 4.24. The number of rotatable bonds is 1. The van der Waals surface area contributed by atoms with Gasteiger partial charge in [0, 0.05) is 10.3 Å². The summed E-state index contributed by atoms with van der Waals surface area (Å²) in [5.74, 6) is -0.853. The molecule has 2 rings (SSSR count). The molecule has 0 aromatic carbocycles.